The van der Waals surface area contributed by atoms with Crippen LogP contribution >= 0.6 is 23.5 Å². The van der Waals surface area contributed by atoms with Gasteiger partial charge in [-0.15, -0.1) is 19.7 Å². The zero-order valence-electron chi connectivity index (χ0n) is 11.8. The molecule has 0 amide bonds. The van der Waals surface area contributed by atoms with Crippen LogP contribution in [0.2, 0.25) is 0 Å². The van der Waals surface area contributed by atoms with Gasteiger partial charge in [0.05, 0.1) is 0 Å². The highest BCUT2D eigenvalue weighted by atomic mass is 32.2. The summed E-state index contributed by atoms with van der Waals surface area (Å²) in [6.07, 6.45) is 6.50. The third kappa shape index (κ3) is 5.51. The van der Waals surface area contributed by atoms with Crippen molar-refractivity contribution >= 4 is 23.5 Å². The van der Waals surface area contributed by atoms with Crippen LogP contribution in [0.4, 0.5) is 0 Å². The fourth-order valence-corrected chi connectivity index (χ4v) is 3.29. The molecule has 0 unspecified atom stereocenters. The molecule has 1 N–H and O–H groups in total. The van der Waals surface area contributed by atoms with Gasteiger partial charge in [0, 0.05) is 34.1 Å². The van der Waals surface area contributed by atoms with Crippen LogP contribution in [-0.4, -0.2) is 16.6 Å². The number of allylic oxidation sites excluding steroid dienone is 1. The van der Waals surface area contributed by atoms with Crippen LogP contribution in [0.3, 0.4) is 0 Å². The van der Waals surface area contributed by atoms with Crippen LogP contribution in [0, 0.1) is 0 Å². The van der Waals surface area contributed by atoms with Gasteiger partial charge in [-0.3, -0.25) is 0 Å². The predicted molar refractivity (Wildman–Crippen MR) is 94.7 cm³/mol. The van der Waals surface area contributed by atoms with Gasteiger partial charge in [-0.1, -0.05) is 30.4 Å². The lowest BCUT2D eigenvalue weighted by atomic mass is 10.0. The number of rotatable bonds is 10. The Hall–Kier alpha value is -1.06. The number of phenolic OH excluding ortho intramolecular Hbond substituents is 1. The van der Waals surface area contributed by atoms with E-state index in [1.54, 1.807) is 23.5 Å². The van der Waals surface area contributed by atoms with Crippen molar-refractivity contribution in [2.24, 2.45) is 0 Å². The molecule has 0 aliphatic carbocycles. The first-order valence-corrected chi connectivity index (χ1v) is 8.85. The van der Waals surface area contributed by atoms with E-state index in [0.717, 1.165) is 40.6 Å². The van der Waals surface area contributed by atoms with Crippen molar-refractivity contribution in [1.29, 1.82) is 0 Å². The maximum Gasteiger partial charge on any atom is 0.123 e. The summed E-state index contributed by atoms with van der Waals surface area (Å²) in [6, 6.07) is 4.16. The van der Waals surface area contributed by atoms with Crippen LogP contribution in [-0.2, 0) is 17.9 Å². The highest BCUT2D eigenvalue weighted by Gasteiger charge is 2.09. The Balaban J connectivity index is 2.91. The summed E-state index contributed by atoms with van der Waals surface area (Å²) in [5.74, 6) is 3.84. The summed E-state index contributed by atoms with van der Waals surface area (Å²) in [6.45, 7) is 11.2. The molecule has 0 atom stereocenters. The van der Waals surface area contributed by atoms with Gasteiger partial charge in [-0.05, 0) is 12.0 Å². The van der Waals surface area contributed by atoms with Crippen LogP contribution < -0.4 is 0 Å². The topological polar surface area (TPSA) is 20.2 Å². The molecule has 20 heavy (non-hydrogen) atoms. The minimum absolute atomic E-state index is 0.436. The van der Waals surface area contributed by atoms with Gasteiger partial charge >= 0.3 is 0 Å². The maximum absolute atomic E-state index is 10.4. The molecular weight excluding hydrogens is 284 g/mol. The van der Waals surface area contributed by atoms with E-state index in [1.807, 2.05) is 18.2 Å². The average molecular weight is 306 g/mol. The largest absolute Gasteiger partial charge is 0.507 e. The van der Waals surface area contributed by atoms with Crippen molar-refractivity contribution in [1.82, 2.24) is 0 Å². The quantitative estimate of drug-likeness (QED) is 0.487. The van der Waals surface area contributed by atoms with Crippen molar-refractivity contribution < 1.29 is 5.11 Å². The molecule has 0 spiro atoms. The number of hydrogen-bond donors (Lipinski definition) is 1. The van der Waals surface area contributed by atoms with Gasteiger partial charge in [-0.2, -0.15) is 23.5 Å². The Kier molecular flexibility index (Phi) is 8.31. The van der Waals surface area contributed by atoms with E-state index in [9.17, 15) is 5.11 Å². The second-order valence-electron chi connectivity index (χ2n) is 4.36. The van der Waals surface area contributed by atoms with Crippen LogP contribution in [0.25, 0.3) is 0 Å². The zero-order chi connectivity index (χ0) is 14.8. The average Bonchev–Trinajstić information content (AvgIpc) is 2.44. The SMILES string of the molecule is C=CCSCc1cc(CC=C)cc(CSCC=C)c1O. The van der Waals surface area contributed by atoms with E-state index in [0.29, 0.717) is 5.75 Å². The highest BCUT2D eigenvalue weighted by Crippen LogP contribution is 2.31. The third-order valence-corrected chi connectivity index (χ3v) is 4.67. The monoisotopic (exact) mass is 306 g/mol. The molecule has 0 radical (unpaired) electrons. The lowest BCUT2D eigenvalue weighted by Crippen LogP contribution is -1.94. The molecule has 1 rings (SSSR count). The van der Waals surface area contributed by atoms with Crippen molar-refractivity contribution in [2.75, 3.05) is 11.5 Å². The Bertz CT molecular complexity index is 431. The Morgan fingerprint density at radius 1 is 0.900 bits per heavy atom. The van der Waals surface area contributed by atoms with E-state index in [2.05, 4.69) is 31.9 Å². The minimum Gasteiger partial charge on any atom is -0.507 e. The van der Waals surface area contributed by atoms with E-state index in [1.165, 1.54) is 5.56 Å². The van der Waals surface area contributed by atoms with Crippen LogP contribution in [0.15, 0.2) is 50.1 Å². The third-order valence-electron chi connectivity index (χ3n) is 2.69. The van der Waals surface area contributed by atoms with Gasteiger partial charge in [0.2, 0.25) is 0 Å². The van der Waals surface area contributed by atoms with Crippen LogP contribution in [0.1, 0.15) is 16.7 Å². The highest BCUT2D eigenvalue weighted by molar-refractivity contribution is 7.98. The molecule has 108 valence electrons. The summed E-state index contributed by atoms with van der Waals surface area (Å²) in [5, 5.41) is 10.4. The predicted octanol–water partition coefficient (Wildman–Crippen LogP) is 4.96. The molecule has 1 aromatic rings. The molecule has 0 aliphatic heterocycles. The summed E-state index contributed by atoms with van der Waals surface area (Å²) < 4.78 is 0. The zero-order valence-corrected chi connectivity index (χ0v) is 13.4. The molecule has 0 aliphatic rings. The standard InChI is InChI=1S/C17H22OS2/c1-4-7-14-10-15(12-19-8-5-2)17(18)16(11-14)13-20-9-6-3/h4-6,10-11,18H,1-3,7-9,12-13H2. The Labute approximate surface area is 130 Å². The molecule has 1 nitrogen and oxygen atoms in total. The van der Waals surface area contributed by atoms with Crippen molar-refractivity contribution in [3.63, 3.8) is 0 Å². The Morgan fingerprint density at radius 2 is 1.40 bits per heavy atom. The molecule has 0 aromatic heterocycles. The van der Waals surface area contributed by atoms with E-state index in [-0.39, 0.29) is 0 Å². The summed E-state index contributed by atoms with van der Waals surface area (Å²) in [7, 11) is 0. The molecule has 3 heteroatoms. The first-order chi connectivity index (χ1) is 9.72. The molecule has 0 saturated carbocycles. The van der Waals surface area contributed by atoms with Gasteiger partial charge in [0.15, 0.2) is 0 Å². The lowest BCUT2D eigenvalue weighted by Gasteiger charge is -2.12. The number of hydrogen-bond acceptors (Lipinski definition) is 3. The first-order valence-electron chi connectivity index (χ1n) is 6.54. The van der Waals surface area contributed by atoms with Gasteiger partial charge in [0.25, 0.3) is 0 Å². The fraction of sp³-hybridized carbons (Fsp3) is 0.294. The normalized spacial score (nSPS) is 10.2. The molecule has 0 bridgehead atoms. The smallest absolute Gasteiger partial charge is 0.123 e. The van der Waals surface area contributed by atoms with E-state index >= 15 is 0 Å². The number of aromatic hydroxyl groups is 1. The molecule has 0 saturated heterocycles. The first kappa shape index (κ1) is 17.0. The summed E-state index contributed by atoms with van der Waals surface area (Å²) >= 11 is 3.51. The number of phenols is 1. The second-order valence-corrected chi connectivity index (χ2v) is 6.42. The molecular formula is C17H22OS2. The minimum atomic E-state index is 0.436. The van der Waals surface area contributed by atoms with Gasteiger partial charge < -0.3 is 5.11 Å². The van der Waals surface area contributed by atoms with E-state index in [4.69, 9.17) is 0 Å². The van der Waals surface area contributed by atoms with Crippen molar-refractivity contribution in [3.8, 4) is 5.75 Å². The van der Waals surface area contributed by atoms with Crippen molar-refractivity contribution in [2.45, 2.75) is 17.9 Å². The van der Waals surface area contributed by atoms with Gasteiger partial charge in [0.1, 0.15) is 5.75 Å². The number of benzene rings is 1. The van der Waals surface area contributed by atoms with Gasteiger partial charge in [-0.25, -0.2) is 0 Å². The second kappa shape index (κ2) is 9.78. The Morgan fingerprint density at radius 3 is 1.80 bits per heavy atom. The van der Waals surface area contributed by atoms with E-state index < -0.39 is 0 Å². The fourth-order valence-electron chi connectivity index (χ4n) is 1.84. The molecule has 1 aromatic carbocycles. The van der Waals surface area contributed by atoms with Crippen LogP contribution in [0.5, 0.6) is 5.75 Å². The summed E-state index contributed by atoms with van der Waals surface area (Å²) in [4.78, 5) is 0. The van der Waals surface area contributed by atoms with Crippen molar-refractivity contribution in [3.05, 3.63) is 66.8 Å². The molecule has 0 fully saturated rings. The molecule has 0 heterocycles. The number of thioether (sulfide) groups is 2. The summed E-state index contributed by atoms with van der Waals surface area (Å²) in [5.41, 5.74) is 3.22. The lowest BCUT2D eigenvalue weighted by molar-refractivity contribution is 0.465. The maximum atomic E-state index is 10.4.